The summed E-state index contributed by atoms with van der Waals surface area (Å²) < 4.78 is 11.6. The zero-order valence-corrected chi connectivity index (χ0v) is 13.0. The Kier molecular flexibility index (Phi) is 4.02. The third kappa shape index (κ3) is 2.26. The summed E-state index contributed by atoms with van der Waals surface area (Å²) in [6, 6.07) is 0. The van der Waals surface area contributed by atoms with E-state index in [1.807, 2.05) is 0 Å². The van der Waals surface area contributed by atoms with E-state index in [4.69, 9.17) is 9.47 Å². The molecule has 0 aromatic rings. The molecule has 0 aromatic carbocycles. The van der Waals surface area contributed by atoms with Crippen molar-refractivity contribution in [2.75, 3.05) is 7.11 Å². The van der Waals surface area contributed by atoms with Crippen molar-refractivity contribution in [3.05, 3.63) is 22.2 Å². The molecule has 0 spiro atoms. The highest BCUT2D eigenvalue weighted by Gasteiger charge is 2.52. The number of hydrogen-bond donors (Lipinski definition) is 1. The minimum atomic E-state index is -0.611. The van der Waals surface area contributed by atoms with Gasteiger partial charge in [-0.1, -0.05) is 28.1 Å². The number of allylic oxidation sites excluding steroid dienone is 2. The first-order valence-electron chi connectivity index (χ1n) is 7.07. The van der Waals surface area contributed by atoms with Gasteiger partial charge >= 0.3 is 5.97 Å². The van der Waals surface area contributed by atoms with Crippen LogP contribution in [0.2, 0.25) is 0 Å². The number of ether oxygens (including phenoxy) is 2. The van der Waals surface area contributed by atoms with Crippen LogP contribution in [-0.2, 0) is 14.3 Å². The molecule has 20 heavy (non-hydrogen) atoms. The molecule has 0 unspecified atom stereocenters. The van der Waals surface area contributed by atoms with E-state index >= 15 is 0 Å². The average molecular weight is 343 g/mol. The summed E-state index contributed by atoms with van der Waals surface area (Å²) in [5, 5.41) is 10.4. The summed E-state index contributed by atoms with van der Waals surface area (Å²) in [6.45, 7) is 0. The SMILES string of the molecule is COC(=O)CCC1=C(Br)[C@H](O)[C@H]2O[C@@H]1[C@@H]1CC=CC[C@@H]12. The van der Waals surface area contributed by atoms with E-state index in [1.165, 1.54) is 7.11 Å². The number of methoxy groups -OCH3 is 1. The van der Waals surface area contributed by atoms with Gasteiger partial charge in [-0.25, -0.2) is 0 Å². The molecule has 0 saturated carbocycles. The second-order valence-corrected chi connectivity index (χ2v) is 6.54. The maximum absolute atomic E-state index is 11.4. The molecule has 5 heteroatoms. The van der Waals surface area contributed by atoms with Crippen molar-refractivity contribution >= 4 is 21.9 Å². The number of aliphatic hydroxyl groups is 1. The minimum absolute atomic E-state index is 0.0254. The quantitative estimate of drug-likeness (QED) is 0.631. The molecule has 1 aliphatic carbocycles. The Morgan fingerprint density at radius 2 is 2.15 bits per heavy atom. The van der Waals surface area contributed by atoms with Gasteiger partial charge in [0, 0.05) is 10.9 Å². The Labute approximate surface area is 127 Å². The number of rotatable bonds is 3. The van der Waals surface area contributed by atoms with Gasteiger partial charge in [0.15, 0.2) is 0 Å². The molecule has 1 saturated heterocycles. The second kappa shape index (κ2) is 5.62. The summed E-state index contributed by atoms with van der Waals surface area (Å²) >= 11 is 3.52. The van der Waals surface area contributed by atoms with E-state index in [2.05, 4.69) is 28.1 Å². The zero-order chi connectivity index (χ0) is 14.3. The lowest BCUT2D eigenvalue weighted by Crippen LogP contribution is -2.36. The van der Waals surface area contributed by atoms with Crippen LogP contribution in [0.3, 0.4) is 0 Å². The number of carbonyl (C=O) groups is 1. The van der Waals surface area contributed by atoms with Gasteiger partial charge < -0.3 is 14.6 Å². The van der Waals surface area contributed by atoms with E-state index in [0.717, 1.165) is 22.9 Å². The third-order valence-electron chi connectivity index (χ3n) is 4.69. The van der Waals surface area contributed by atoms with Crippen molar-refractivity contribution in [3.63, 3.8) is 0 Å². The van der Waals surface area contributed by atoms with E-state index in [1.54, 1.807) is 0 Å². The Balaban J connectivity index is 1.83. The summed E-state index contributed by atoms with van der Waals surface area (Å²) in [6.07, 6.45) is 6.53. The van der Waals surface area contributed by atoms with Crippen LogP contribution in [0.5, 0.6) is 0 Å². The average Bonchev–Trinajstić information content (AvgIpc) is 2.82. The molecule has 0 aromatic heterocycles. The molecule has 1 fully saturated rings. The fourth-order valence-electron chi connectivity index (χ4n) is 3.67. The molecule has 4 nitrogen and oxygen atoms in total. The standard InChI is InChI=1S/C15H19BrO4/c1-19-11(17)7-6-10-12(16)13(18)15-9-5-3-2-4-8(9)14(10)20-15/h2-3,8-9,13-15,18H,4-7H2,1H3/t8-,9+,13+,14-,15+/m1/s1. The largest absolute Gasteiger partial charge is 0.469 e. The van der Waals surface area contributed by atoms with Crippen molar-refractivity contribution in [2.45, 2.75) is 44.0 Å². The van der Waals surface area contributed by atoms with E-state index in [0.29, 0.717) is 24.7 Å². The molecule has 3 aliphatic rings. The van der Waals surface area contributed by atoms with E-state index < -0.39 is 6.10 Å². The molecule has 3 rings (SSSR count). The monoisotopic (exact) mass is 342 g/mol. The summed E-state index contributed by atoms with van der Waals surface area (Å²) in [4.78, 5) is 11.4. The van der Waals surface area contributed by atoms with Gasteiger partial charge in [0.1, 0.15) is 6.10 Å². The molecule has 2 heterocycles. The molecule has 0 radical (unpaired) electrons. The third-order valence-corrected chi connectivity index (χ3v) is 5.67. The van der Waals surface area contributed by atoms with Gasteiger partial charge in [-0.3, -0.25) is 4.79 Å². The number of esters is 1. The lowest BCUT2D eigenvalue weighted by Gasteiger charge is -2.30. The van der Waals surface area contributed by atoms with E-state index in [9.17, 15) is 9.90 Å². The second-order valence-electron chi connectivity index (χ2n) is 5.69. The highest BCUT2D eigenvalue weighted by atomic mass is 79.9. The number of halogens is 1. The van der Waals surface area contributed by atoms with Gasteiger partial charge in [-0.15, -0.1) is 0 Å². The Bertz CT molecular complexity index is 470. The van der Waals surface area contributed by atoms with Crippen LogP contribution in [-0.4, -0.2) is 36.5 Å². The first-order valence-corrected chi connectivity index (χ1v) is 7.86. The normalized spacial score (nSPS) is 38.9. The minimum Gasteiger partial charge on any atom is -0.469 e. The van der Waals surface area contributed by atoms with Crippen LogP contribution < -0.4 is 0 Å². The van der Waals surface area contributed by atoms with Crippen LogP contribution in [0.15, 0.2) is 22.2 Å². The predicted octanol–water partition coefficient (Wildman–Crippen LogP) is 2.31. The van der Waals surface area contributed by atoms with Crippen molar-refractivity contribution in [2.24, 2.45) is 11.8 Å². The van der Waals surface area contributed by atoms with Crippen molar-refractivity contribution in [3.8, 4) is 0 Å². The molecule has 2 bridgehead atoms. The molecule has 2 aliphatic heterocycles. The number of hydrogen-bond acceptors (Lipinski definition) is 4. The number of carbonyl (C=O) groups excluding carboxylic acids is 1. The maximum atomic E-state index is 11.4. The molecule has 0 amide bonds. The smallest absolute Gasteiger partial charge is 0.305 e. The summed E-state index contributed by atoms with van der Waals surface area (Å²) in [5.41, 5.74) is 1.03. The Hall–Kier alpha value is -0.650. The van der Waals surface area contributed by atoms with Crippen LogP contribution in [0.25, 0.3) is 0 Å². The molecule has 110 valence electrons. The predicted molar refractivity (Wildman–Crippen MR) is 77.2 cm³/mol. The number of fused-ring (bicyclic) bond motifs is 5. The highest BCUT2D eigenvalue weighted by Crippen LogP contribution is 2.50. The summed E-state index contributed by atoms with van der Waals surface area (Å²) in [5.74, 6) is 0.568. The van der Waals surface area contributed by atoms with Crippen molar-refractivity contribution < 1.29 is 19.4 Å². The first-order chi connectivity index (χ1) is 9.63. The fourth-order valence-corrected chi connectivity index (χ4v) is 4.36. The van der Waals surface area contributed by atoms with Crippen molar-refractivity contribution in [1.29, 1.82) is 0 Å². The maximum Gasteiger partial charge on any atom is 0.305 e. The Morgan fingerprint density at radius 1 is 1.45 bits per heavy atom. The van der Waals surface area contributed by atoms with Gasteiger partial charge in [0.25, 0.3) is 0 Å². The van der Waals surface area contributed by atoms with Crippen LogP contribution in [0.1, 0.15) is 25.7 Å². The molecular weight excluding hydrogens is 324 g/mol. The first kappa shape index (κ1) is 14.3. The van der Waals surface area contributed by atoms with Crippen LogP contribution >= 0.6 is 15.9 Å². The van der Waals surface area contributed by atoms with Gasteiger partial charge in [0.05, 0.1) is 19.3 Å². The highest BCUT2D eigenvalue weighted by molar-refractivity contribution is 9.11. The molecule has 5 atom stereocenters. The van der Waals surface area contributed by atoms with E-state index in [-0.39, 0.29) is 18.2 Å². The lowest BCUT2D eigenvalue weighted by molar-refractivity contribution is -0.140. The van der Waals surface area contributed by atoms with Crippen molar-refractivity contribution in [1.82, 2.24) is 0 Å². The zero-order valence-electron chi connectivity index (χ0n) is 11.4. The van der Waals surface area contributed by atoms with Gasteiger partial charge in [-0.2, -0.15) is 0 Å². The topological polar surface area (TPSA) is 55.8 Å². The summed E-state index contributed by atoms with van der Waals surface area (Å²) in [7, 11) is 1.39. The number of aliphatic hydroxyl groups excluding tert-OH is 1. The fraction of sp³-hybridized carbons (Fsp3) is 0.667. The van der Waals surface area contributed by atoms with Crippen LogP contribution in [0.4, 0.5) is 0 Å². The van der Waals surface area contributed by atoms with Crippen LogP contribution in [0, 0.1) is 11.8 Å². The lowest BCUT2D eigenvalue weighted by atomic mass is 9.78. The van der Waals surface area contributed by atoms with Gasteiger partial charge in [0.2, 0.25) is 0 Å². The Morgan fingerprint density at radius 3 is 2.85 bits per heavy atom. The molecule has 1 N–H and O–H groups in total. The van der Waals surface area contributed by atoms with Gasteiger partial charge in [-0.05, 0) is 36.7 Å². The molecular formula is C15H19BrO4.